The van der Waals surface area contributed by atoms with E-state index in [1.165, 1.54) is 0 Å². The van der Waals surface area contributed by atoms with Gasteiger partial charge in [-0.2, -0.15) is 0 Å². The highest BCUT2D eigenvalue weighted by atomic mass is 16.6. The van der Waals surface area contributed by atoms with E-state index in [4.69, 9.17) is 19.3 Å². The number of hydrogen-bond donors (Lipinski definition) is 1. The fourth-order valence-corrected chi connectivity index (χ4v) is 2.06. The van der Waals surface area contributed by atoms with Gasteiger partial charge in [-0.05, 0) is 5.56 Å². The highest BCUT2D eigenvalue weighted by Crippen LogP contribution is 2.18. The zero-order valence-corrected chi connectivity index (χ0v) is 12.1. The molecular formula is C15H19NO6. The lowest BCUT2D eigenvalue weighted by molar-refractivity contribution is -0.170. The monoisotopic (exact) mass is 309 g/mol. The van der Waals surface area contributed by atoms with Crippen LogP contribution in [0.4, 0.5) is 0 Å². The molecule has 0 radical (unpaired) electrons. The predicted octanol–water partition coefficient (Wildman–Crippen LogP) is 0.662. The minimum atomic E-state index is -1.62. The molecule has 1 aliphatic rings. The number of ether oxygens (including phenoxy) is 3. The average molecular weight is 309 g/mol. The van der Waals surface area contributed by atoms with Crippen LogP contribution >= 0.6 is 0 Å². The molecule has 1 N–H and O–H groups in total. The summed E-state index contributed by atoms with van der Waals surface area (Å²) in [4.78, 5) is 24.0. The van der Waals surface area contributed by atoms with E-state index in [0.29, 0.717) is 25.5 Å². The first kappa shape index (κ1) is 16.4. The SMILES string of the molecule is O=C(O)C(=O)O[C@H](COCN1CCOCC1)c1ccccc1. The third-order valence-electron chi connectivity index (χ3n) is 3.24. The minimum Gasteiger partial charge on any atom is -0.473 e. The van der Waals surface area contributed by atoms with Crippen molar-refractivity contribution >= 4 is 11.9 Å². The summed E-state index contributed by atoms with van der Waals surface area (Å²) in [7, 11) is 0. The van der Waals surface area contributed by atoms with Crippen molar-refractivity contribution in [2.24, 2.45) is 0 Å². The number of hydrogen-bond acceptors (Lipinski definition) is 6. The van der Waals surface area contributed by atoms with E-state index in [2.05, 4.69) is 4.90 Å². The van der Waals surface area contributed by atoms with Crippen molar-refractivity contribution in [1.82, 2.24) is 4.90 Å². The van der Waals surface area contributed by atoms with Crippen molar-refractivity contribution in [3.8, 4) is 0 Å². The van der Waals surface area contributed by atoms with Gasteiger partial charge >= 0.3 is 11.9 Å². The van der Waals surface area contributed by atoms with Crippen LogP contribution in [-0.4, -0.2) is 61.6 Å². The van der Waals surface area contributed by atoms with Gasteiger partial charge in [-0.25, -0.2) is 9.59 Å². The fourth-order valence-electron chi connectivity index (χ4n) is 2.06. The summed E-state index contributed by atoms with van der Waals surface area (Å²) in [6.07, 6.45) is -0.745. The van der Waals surface area contributed by atoms with E-state index in [-0.39, 0.29) is 6.61 Å². The third-order valence-corrected chi connectivity index (χ3v) is 3.24. The Kier molecular flexibility index (Phi) is 6.32. The van der Waals surface area contributed by atoms with Gasteiger partial charge in [-0.15, -0.1) is 0 Å². The second kappa shape index (κ2) is 8.47. The van der Waals surface area contributed by atoms with E-state index in [9.17, 15) is 9.59 Å². The Balaban J connectivity index is 1.89. The number of benzene rings is 1. The van der Waals surface area contributed by atoms with E-state index >= 15 is 0 Å². The van der Waals surface area contributed by atoms with Crippen LogP contribution in [0.25, 0.3) is 0 Å². The number of carboxylic acid groups (broad SMARTS) is 1. The largest absolute Gasteiger partial charge is 0.473 e. The van der Waals surface area contributed by atoms with Crippen LogP contribution in [0.1, 0.15) is 11.7 Å². The van der Waals surface area contributed by atoms with Crippen LogP contribution < -0.4 is 0 Å². The van der Waals surface area contributed by atoms with E-state index < -0.39 is 18.0 Å². The number of rotatable bonds is 6. The molecule has 0 aromatic heterocycles. The Bertz CT molecular complexity index is 486. The maximum Gasteiger partial charge on any atom is 0.417 e. The second-order valence-electron chi connectivity index (χ2n) is 4.84. The lowest BCUT2D eigenvalue weighted by Crippen LogP contribution is -2.38. The summed E-state index contributed by atoms with van der Waals surface area (Å²) in [5, 5.41) is 8.67. The van der Waals surface area contributed by atoms with Crippen LogP contribution in [0.2, 0.25) is 0 Å². The molecule has 1 saturated heterocycles. The van der Waals surface area contributed by atoms with Crippen LogP contribution in [0.3, 0.4) is 0 Å². The quantitative estimate of drug-likeness (QED) is 0.610. The molecule has 7 heteroatoms. The summed E-state index contributed by atoms with van der Waals surface area (Å²) in [5.41, 5.74) is 0.694. The number of nitrogens with zero attached hydrogens (tertiary/aromatic N) is 1. The number of carboxylic acids is 1. The van der Waals surface area contributed by atoms with Gasteiger partial charge in [-0.3, -0.25) is 4.90 Å². The molecule has 2 rings (SSSR count). The average Bonchev–Trinajstić information content (AvgIpc) is 2.55. The molecule has 1 aromatic rings. The van der Waals surface area contributed by atoms with Gasteiger partial charge in [0.05, 0.1) is 26.6 Å². The molecule has 1 aliphatic heterocycles. The van der Waals surface area contributed by atoms with Gasteiger partial charge in [0.25, 0.3) is 0 Å². The Labute approximate surface area is 128 Å². The number of morpholine rings is 1. The lowest BCUT2D eigenvalue weighted by Gasteiger charge is -2.27. The minimum absolute atomic E-state index is 0.0976. The molecule has 1 atom stereocenters. The molecule has 1 aromatic carbocycles. The van der Waals surface area contributed by atoms with Crippen LogP contribution in [0.5, 0.6) is 0 Å². The molecule has 0 spiro atoms. The van der Waals surface area contributed by atoms with Crippen molar-refractivity contribution < 1.29 is 28.9 Å². The molecule has 0 unspecified atom stereocenters. The Morgan fingerprint density at radius 3 is 2.55 bits per heavy atom. The van der Waals surface area contributed by atoms with E-state index in [1.54, 1.807) is 24.3 Å². The zero-order valence-electron chi connectivity index (χ0n) is 12.1. The van der Waals surface area contributed by atoms with Gasteiger partial charge < -0.3 is 19.3 Å². The molecule has 0 saturated carbocycles. The molecule has 22 heavy (non-hydrogen) atoms. The Morgan fingerprint density at radius 1 is 1.23 bits per heavy atom. The second-order valence-corrected chi connectivity index (χ2v) is 4.84. The summed E-state index contributed by atoms with van der Waals surface area (Å²) in [5.74, 6) is -2.90. The summed E-state index contributed by atoms with van der Waals surface area (Å²) >= 11 is 0. The van der Waals surface area contributed by atoms with Gasteiger partial charge in [0.15, 0.2) is 6.10 Å². The van der Waals surface area contributed by atoms with Crippen molar-refractivity contribution in [3.05, 3.63) is 35.9 Å². The van der Waals surface area contributed by atoms with Crippen LogP contribution in [0.15, 0.2) is 30.3 Å². The molecule has 1 heterocycles. The topological polar surface area (TPSA) is 85.3 Å². The lowest BCUT2D eigenvalue weighted by atomic mass is 10.1. The van der Waals surface area contributed by atoms with Gasteiger partial charge in [0.1, 0.15) is 0 Å². The molecule has 0 aliphatic carbocycles. The molecule has 0 amide bonds. The first-order valence-corrected chi connectivity index (χ1v) is 7.03. The predicted molar refractivity (Wildman–Crippen MR) is 76.1 cm³/mol. The van der Waals surface area contributed by atoms with Crippen molar-refractivity contribution in [2.45, 2.75) is 6.10 Å². The standard InChI is InChI=1S/C15H19NO6/c17-14(18)15(19)22-13(12-4-2-1-3-5-12)10-21-11-16-6-8-20-9-7-16/h1-5,13H,6-11H2,(H,17,18)/t13-/m1/s1. The normalized spacial score (nSPS) is 16.9. The van der Waals surface area contributed by atoms with Gasteiger partial charge in [0.2, 0.25) is 0 Å². The van der Waals surface area contributed by atoms with E-state index in [0.717, 1.165) is 13.1 Å². The van der Waals surface area contributed by atoms with Crippen LogP contribution in [-0.2, 0) is 23.8 Å². The van der Waals surface area contributed by atoms with Gasteiger partial charge in [-0.1, -0.05) is 30.3 Å². The maximum atomic E-state index is 11.3. The maximum absolute atomic E-state index is 11.3. The number of aliphatic carboxylic acids is 1. The molecule has 0 bridgehead atoms. The molecule has 7 nitrogen and oxygen atoms in total. The fraction of sp³-hybridized carbons (Fsp3) is 0.467. The van der Waals surface area contributed by atoms with Crippen LogP contribution in [0, 0.1) is 0 Å². The first-order valence-electron chi connectivity index (χ1n) is 7.03. The van der Waals surface area contributed by atoms with Crippen molar-refractivity contribution in [1.29, 1.82) is 0 Å². The zero-order chi connectivity index (χ0) is 15.8. The van der Waals surface area contributed by atoms with Crippen molar-refractivity contribution in [3.63, 3.8) is 0 Å². The molecule has 120 valence electrons. The summed E-state index contributed by atoms with van der Waals surface area (Å²) in [6.45, 7) is 3.38. The van der Waals surface area contributed by atoms with Crippen molar-refractivity contribution in [2.75, 3.05) is 39.6 Å². The molecule has 1 fully saturated rings. The Hall–Kier alpha value is -1.96. The smallest absolute Gasteiger partial charge is 0.417 e. The highest BCUT2D eigenvalue weighted by molar-refractivity contribution is 6.28. The molecular weight excluding hydrogens is 290 g/mol. The summed E-state index contributed by atoms with van der Waals surface area (Å²) < 4.78 is 15.8. The summed E-state index contributed by atoms with van der Waals surface area (Å²) in [6, 6.07) is 8.93. The highest BCUT2D eigenvalue weighted by Gasteiger charge is 2.22. The first-order chi connectivity index (χ1) is 10.7. The Morgan fingerprint density at radius 2 is 1.91 bits per heavy atom. The number of esters is 1. The number of carbonyl (C=O) groups excluding carboxylic acids is 1. The van der Waals surface area contributed by atoms with Gasteiger partial charge in [0, 0.05) is 13.1 Å². The number of carbonyl (C=O) groups is 2. The van der Waals surface area contributed by atoms with E-state index in [1.807, 2.05) is 6.07 Å². The third kappa shape index (κ3) is 5.10.